The molecule has 18 heavy (non-hydrogen) atoms. The van der Waals surface area contributed by atoms with Gasteiger partial charge in [0.15, 0.2) is 0 Å². The highest BCUT2D eigenvalue weighted by molar-refractivity contribution is 7.91. The molecule has 2 atom stereocenters. The van der Waals surface area contributed by atoms with Crippen LogP contribution in [0.1, 0.15) is 46.0 Å². The molecule has 0 radical (unpaired) electrons. The fourth-order valence-electron chi connectivity index (χ4n) is 2.46. The van der Waals surface area contributed by atoms with E-state index in [4.69, 9.17) is 4.74 Å². The van der Waals surface area contributed by atoms with Gasteiger partial charge in [0.05, 0.1) is 10.9 Å². The Morgan fingerprint density at radius 3 is 2.44 bits per heavy atom. The molecule has 2 unspecified atom stereocenters. The number of carbonyl (C=O) groups excluding carboxylic acids is 1. The maximum absolute atomic E-state index is 12.2. The minimum absolute atomic E-state index is 0.118. The number of carbonyl (C=O) groups is 1. The molecule has 4 nitrogen and oxygen atoms in total. The first-order valence-corrected chi connectivity index (χ1v) is 8.38. The van der Waals surface area contributed by atoms with Crippen LogP contribution in [-0.2, 0) is 19.4 Å². The van der Waals surface area contributed by atoms with Crippen LogP contribution in [0.3, 0.4) is 0 Å². The smallest absolute Gasteiger partial charge is 0.150 e. The Kier molecular flexibility index (Phi) is 4.95. The summed E-state index contributed by atoms with van der Waals surface area (Å²) in [5.74, 6) is 0.0168. The fourth-order valence-corrected chi connectivity index (χ4v) is 3.64. The maximum Gasteiger partial charge on any atom is 0.150 e. The van der Waals surface area contributed by atoms with Gasteiger partial charge in [0.2, 0.25) is 0 Å². The molecule has 1 aliphatic rings. The van der Waals surface area contributed by atoms with Gasteiger partial charge in [-0.25, -0.2) is 8.42 Å². The van der Waals surface area contributed by atoms with Crippen molar-refractivity contribution in [1.29, 1.82) is 0 Å². The van der Waals surface area contributed by atoms with E-state index >= 15 is 0 Å². The van der Waals surface area contributed by atoms with Crippen molar-refractivity contribution in [1.82, 2.24) is 0 Å². The van der Waals surface area contributed by atoms with Crippen molar-refractivity contribution in [2.75, 3.05) is 13.4 Å². The summed E-state index contributed by atoms with van der Waals surface area (Å²) in [7, 11) is -1.43. The number of hydrogen-bond acceptors (Lipinski definition) is 4. The summed E-state index contributed by atoms with van der Waals surface area (Å²) in [6.45, 7) is 3.75. The molecule has 106 valence electrons. The largest absolute Gasteiger partial charge is 0.378 e. The van der Waals surface area contributed by atoms with Crippen molar-refractivity contribution in [3.63, 3.8) is 0 Å². The van der Waals surface area contributed by atoms with E-state index in [1.807, 2.05) is 13.8 Å². The van der Waals surface area contributed by atoms with Gasteiger partial charge in [-0.2, -0.15) is 0 Å². The lowest BCUT2D eigenvalue weighted by Gasteiger charge is -2.30. The second-order valence-corrected chi connectivity index (χ2v) is 8.25. The summed E-state index contributed by atoms with van der Waals surface area (Å²) >= 11 is 0. The molecule has 0 aromatic rings. The van der Waals surface area contributed by atoms with E-state index in [0.29, 0.717) is 19.3 Å². The molecule has 0 aromatic heterocycles. The zero-order chi connectivity index (χ0) is 14.0. The minimum atomic E-state index is -3.03. The maximum atomic E-state index is 12.2. The zero-order valence-electron chi connectivity index (χ0n) is 11.7. The summed E-state index contributed by atoms with van der Waals surface area (Å²) in [4.78, 5) is 12.2. The van der Waals surface area contributed by atoms with E-state index in [9.17, 15) is 13.2 Å². The van der Waals surface area contributed by atoms with E-state index < -0.39 is 15.4 Å². The van der Waals surface area contributed by atoms with Crippen molar-refractivity contribution in [2.24, 2.45) is 5.92 Å². The highest BCUT2D eigenvalue weighted by Gasteiger charge is 2.34. The molecule has 1 aliphatic carbocycles. The molecule has 0 saturated heterocycles. The van der Waals surface area contributed by atoms with Crippen LogP contribution in [0.15, 0.2) is 0 Å². The standard InChI is InChI=1S/C13H24O4S/c1-13(2,17-3)9-12(14)10-6-5-7-11(8-10)18(4,15)16/h10-11H,5-9H2,1-4H3. The average molecular weight is 276 g/mol. The summed E-state index contributed by atoms with van der Waals surface area (Å²) in [6, 6.07) is 0. The molecule has 0 aromatic carbocycles. The van der Waals surface area contributed by atoms with Crippen LogP contribution in [-0.4, -0.2) is 38.4 Å². The molecule has 0 spiro atoms. The van der Waals surface area contributed by atoms with E-state index in [-0.39, 0.29) is 17.0 Å². The van der Waals surface area contributed by atoms with E-state index in [0.717, 1.165) is 12.8 Å². The normalized spacial score (nSPS) is 26.0. The van der Waals surface area contributed by atoms with Crippen molar-refractivity contribution in [2.45, 2.75) is 56.8 Å². The summed E-state index contributed by atoms with van der Waals surface area (Å²) < 4.78 is 28.4. The van der Waals surface area contributed by atoms with Gasteiger partial charge in [0.25, 0.3) is 0 Å². The fraction of sp³-hybridized carbons (Fsp3) is 0.923. The molecular weight excluding hydrogens is 252 g/mol. The Morgan fingerprint density at radius 1 is 1.33 bits per heavy atom. The molecule has 0 aliphatic heterocycles. The van der Waals surface area contributed by atoms with Crippen molar-refractivity contribution >= 4 is 15.6 Å². The molecule has 0 heterocycles. The van der Waals surface area contributed by atoms with Crippen LogP contribution in [0.4, 0.5) is 0 Å². The van der Waals surface area contributed by atoms with Crippen molar-refractivity contribution < 1.29 is 17.9 Å². The molecular formula is C13H24O4S. The summed E-state index contributed by atoms with van der Waals surface area (Å²) in [5.41, 5.74) is -0.463. The first-order valence-electron chi connectivity index (χ1n) is 6.42. The van der Waals surface area contributed by atoms with Gasteiger partial charge < -0.3 is 4.74 Å². The van der Waals surface area contributed by atoms with Crippen LogP contribution in [0.25, 0.3) is 0 Å². The number of rotatable bonds is 5. The molecule has 1 fully saturated rings. The first-order chi connectivity index (χ1) is 8.15. The molecule has 0 N–H and O–H groups in total. The second-order valence-electron chi connectivity index (χ2n) is 5.92. The number of ketones is 1. The van der Waals surface area contributed by atoms with Crippen LogP contribution >= 0.6 is 0 Å². The van der Waals surface area contributed by atoms with Gasteiger partial charge in [-0.1, -0.05) is 6.42 Å². The predicted octanol–water partition coefficient (Wildman–Crippen LogP) is 1.97. The summed E-state index contributed by atoms with van der Waals surface area (Å²) in [5, 5.41) is -0.342. The quantitative estimate of drug-likeness (QED) is 0.770. The summed E-state index contributed by atoms with van der Waals surface area (Å²) in [6.07, 6.45) is 4.42. The minimum Gasteiger partial charge on any atom is -0.378 e. The van der Waals surface area contributed by atoms with Gasteiger partial charge in [-0.05, 0) is 33.1 Å². The Bertz CT molecular complexity index is 397. The Morgan fingerprint density at radius 2 is 1.94 bits per heavy atom. The highest BCUT2D eigenvalue weighted by atomic mass is 32.2. The number of hydrogen-bond donors (Lipinski definition) is 0. The third-order valence-electron chi connectivity index (χ3n) is 3.84. The third-order valence-corrected chi connectivity index (χ3v) is 5.48. The topological polar surface area (TPSA) is 60.4 Å². The number of sulfone groups is 1. The molecule has 0 amide bonds. The number of methoxy groups -OCH3 is 1. The van der Waals surface area contributed by atoms with Crippen LogP contribution < -0.4 is 0 Å². The van der Waals surface area contributed by atoms with Gasteiger partial charge >= 0.3 is 0 Å². The number of Topliss-reactive ketones (excluding diaryl/α,β-unsaturated/α-hetero) is 1. The Labute approximate surface area is 110 Å². The lowest BCUT2D eigenvalue weighted by atomic mass is 9.82. The third kappa shape index (κ3) is 4.35. The lowest BCUT2D eigenvalue weighted by molar-refractivity contribution is -0.128. The van der Waals surface area contributed by atoms with Gasteiger partial charge in [-0.15, -0.1) is 0 Å². The van der Waals surface area contributed by atoms with Gasteiger partial charge in [-0.3, -0.25) is 4.79 Å². The Balaban J connectivity index is 2.65. The molecule has 1 saturated carbocycles. The molecule has 1 rings (SSSR count). The van der Waals surface area contributed by atoms with Gasteiger partial charge in [0, 0.05) is 25.7 Å². The van der Waals surface area contributed by atoms with E-state index in [1.54, 1.807) is 7.11 Å². The average Bonchev–Trinajstić information content (AvgIpc) is 2.27. The Hall–Kier alpha value is -0.420. The monoisotopic (exact) mass is 276 g/mol. The SMILES string of the molecule is COC(C)(C)CC(=O)C1CCCC(S(C)(=O)=O)C1. The van der Waals surface area contributed by atoms with Crippen LogP contribution in [0, 0.1) is 5.92 Å². The number of ether oxygens (including phenoxy) is 1. The van der Waals surface area contributed by atoms with Crippen LogP contribution in [0.2, 0.25) is 0 Å². The lowest BCUT2D eigenvalue weighted by Crippen LogP contribution is -2.35. The van der Waals surface area contributed by atoms with E-state index in [2.05, 4.69) is 0 Å². The van der Waals surface area contributed by atoms with Crippen LogP contribution in [0.5, 0.6) is 0 Å². The van der Waals surface area contributed by atoms with E-state index in [1.165, 1.54) is 6.26 Å². The highest BCUT2D eigenvalue weighted by Crippen LogP contribution is 2.31. The zero-order valence-corrected chi connectivity index (χ0v) is 12.5. The van der Waals surface area contributed by atoms with Crippen molar-refractivity contribution in [3.8, 4) is 0 Å². The second kappa shape index (κ2) is 5.70. The first kappa shape index (κ1) is 15.6. The van der Waals surface area contributed by atoms with Crippen molar-refractivity contribution in [3.05, 3.63) is 0 Å². The predicted molar refractivity (Wildman–Crippen MR) is 71.3 cm³/mol. The molecule has 5 heteroatoms. The molecule has 0 bridgehead atoms. The van der Waals surface area contributed by atoms with Gasteiger partial charge in [0.1, 0.15) is 15.6 Å².